The second-order valence-electron chi connectivity index (χ2n) is 3.48. The molecule has 1 aromatic rings. The molecule has 0 aliphatic rings. The number of anilines is 1. The van der Waals surface area contributed by atoms with E-state index in [9.17, 15) is 8.42 Å². The Labute approximate surface area is 114 Å². The van der Waals surface area contributed by atoms with Crippen LogP contribution in [0.4, 0.5) is 5.69 Å². The van der Waals surface area contributed by atoms with Gasteiger partial charge in [-0.15, -0.1) is 0 Å². The van der Waals surface area contributed by atoms with E-state index in [0.29, 0.717) is 10.2 Å². The van der Waals surface area contributed by atoms with Gasteiger partial charge in [-0.1, -0.05) is 34.1 Å². The van der Waals surface area contributed by atoms with Crippen LogP contribution in [-0.4, -0.2) is 15.0 Å². The van der Waals surface area contributed by atoms with Crippen molar-refractivity contribution >= 4 is 43.2 Å². The number of hydrogen-bond donors (Lipinski definition) is 2. The minimum Gasteiger partial charge on any atom is -0.398 e. The number of hydrogen-bond acceptors (Lipinski definition) is 3. The molecule has 94 valence electrons. The number of nitrogen functional groups attached to an aromatic ring is 1. The molecular formula is C10H12BrClN2O2S. The topological polar surface area (TPSA) is 72.2 Å². The van der Waals surface area contributed by atoms with Gasteiger partial charge < -0.3 is 5.73 Å². The molecular weight excluding hydrogens is 328 g/mol. The third kappa shape index (κ3) is 3.70. The Balaban J connectivity index is 3.15. The number of aryl methyl sites for hydroxylation is 1. The summed E-state index contributed by atoms with van der Waals surface area (Å²) in [4.78, 5) is -0.0315. The Kier molecular flexibility index (Phi) is 4.60. The lowest BCUT2D eigenvalue weighted by Crippen LogP contribution is -2.25. The lowest BCUT2D eigenvalue weighted by Gasteiger charge is -2.10. The fourth-order valence-electron chi connectivity index (χ4n) is 1.13. The molecule has 3 N–H and O–H groups in total. The molecule has 0 saturated carbocycles. The zero-order valence-electron chi connectivity index (χ0n) is 9.13. The van der Waals surface area contributed by atoms with Gasteiger partial charge in [0.15, 0.2) is 0 Å². The van der Waals surface area contributed by atoms with Crippen LogP contribution in [0.25, 0.3) is 0 Å². The van der Waals surface area contributed by atoms with Gasteiger partial charge >= 0.3 is 0 Å². The Morgan fingerprint density at radius 1 is 1.59 bits per heavy atom. The number of nitrogens with one attached hydrogen (secondary N) is 1. The standard InChI is InChI=1S/C10H12BrClN2O2S/c1-6-3-8(12)10(4-9(6)13)17(15,16)14-5-7(2)11/h3-4,14H,2,5,13H2,1H3. The van der Waals surface area contributed by atoms with E-state index in [1.165, 1.54) is 12.1 Å². The third-order valence-electron chi connectivity index (χ3n) is 2.06. The highest BCUT2D eigenvalue weighted by atomic mass is 79.9. The molecule has 0 aromatic heterocycles. The Bertz CT molecular complexity index is 558. The van der Waals surface area contributed by atoms with Crippen molar-refractivity contribution < 1.29 is 8.42 Å². The second kappa shape index (κ2) is 5.39. The van der Waals surface area contributed by atoms with Gasteiger partial charge in [-0.2, -0.15) is 0 Å². The Hall–Kier alpha value is -0.560. The molecule has 0 amide bonds. The first-order valence-electron chi connectivity index (χ1n) is 4.62. The summed E-state index contributed by atoms with van der Waals surface area (Å²) in [6.45, 7) is 5.38. The summed E-state index contributed by atoms with van der Waals surface area (Å²) in [6.07, 6.45) is 0. The lowest BCUT2D eigenvalue weighted by molar-refractivity contribution is 0.585. The first kappa shape index (κ1) is 14.5. The van der Waals surface area contributed by atoms with E-state index >= 15 is 0 Å². The van der Waals surface area contributed by atoms with Gasteiger partial charge in [0, 0.05) is 16.7 Å². The maximum absolute atomic E-state index is 11.9. The second-order valence-corrected chi connectivity index (χ2v) is 6.75. The fourth-order valence-corrected chi connectivity index (χ4v) is 3.09. The van der Waals surface area contributed by atoms with Crippen molar-refractivity contribution in [2.75, 3.05) is 12.3 Å². The molecule has 0 radical (unpaired) electrons. The third-order valence-corrected chi connectivity index (χ3v) is 4.21. The Morgan fingerprint density at radius 3 is 2.71 bits per heavy atom. The highest BCUT2D eigenvalue weighted by Gasteiger charge is 2.18. The molecule has 0 bridgehead atoms. The van der Waals surface area contributed by atoms with Gasteiger partial charge in [-0.25, -0.2) is 13.1 Å². The van der Waals surface area contributed by atoms with Crippen LogP contribution in [0.2, 0.25) is 5.02 Å². The smallest absolute Gasteiger partial charge is 0.242 e. The monoisotopic (exact) mass is 338 g/mol. The van der Waals surface area contributed by atoms with Crippen molar-refractivity contribution in [3.8, 4) is 0 Å². The molecule has 0 unspecified atom stereocenters. The lowest BCUT2D eigenvalue weighted by atomic mass is 10.2. The van der Waals surface area contributed by atoms with E-state index in [0.717, 1.165) is 5.56 Å². The van der Waals surface area contributed by atoms with Crippen LogP contribution in [0.5, 0.6) is 0 Å². The summed E-state index contributed by atoms with van der Waals surface area (Å²) in [7, 11) is -3.68. The van der Waals surface area contributed by atoms with Crippen LogP contribution in [0.3, 0.4) is 0 Å². The van der Waals surface area contributed by atoms with Crippen molar-refractivity contribution in [3.05, 3.63) is 33.8 Å². The molecule has 0 aliphatic carbocycles. The predicted molar refractivity (Wildman–Crippen MR) is 73.9 cm³/mol. The van der Waals surface area contributed by atoms with E-state index in [-0.39, 0.29) is 16.5 Å². The van der Waals surface area contributed by atoms with Crippen LogP contribution in [-0.2, 0) is 10.0 Å². The summed E-state index contributed by atoms with van der Waals surface area (Å²) in [5.41, 5.74) is 6.78. The molecule has 0 saturated heterocycles. The predicted octanol–water partition coefficient (Wildman–Crippen LogP) is 2.42. The van der Waals surface area contributed by atoms with Crippen molar-refractivity contribution in [1.82, 2.24) is 4.72 Å². The summed E-state index contributed by atoms with van der Waals surface area (Å²) in [5.74, 6) is 0. The Morgan fingerprint density at radius 2 is 2.18 bits per heavy atom. The van der Waals surface area contributed by atoms with Crippen molar-refractivity contribution in [2.24, 2.45) is 0 Å². The first-order chi connectivity index (χ1) is 7.74. The molecule has 0 atom stereocenters. The zero-order chi connectivity index (χ0) is 13.2. The van der Waals surface area contributed by atoms with Gasteiger partial charge in [0.05, 0.1) is 5.02 Å². The summed E-state index contributed by atoms with van der Waals surface area (Å²) < 4.78 is 26.7. The number of nitrogens with two attached hydrogens (primary N) is 1. The maximum Gasteiger partial charge on any atom is 0.242 e. The molecule has 0 fully saturated rings. The van der Waals surface area contributed by atoms with E-state index < -0.39 is 10.0 Å². The fraction of sp³-hybridized carbons (Fsp3) is 0.200. The van der Waals surface area contributed by atoms with Gasteiger partial charge in [0.2, 0.25) is 10.0 Å². The SMILES string of the molecule is C=C(Br)CNS(=O)(=O)c1cc(N)c(C)cc1Cl. The first-order valence-corrected chi connectivity index (χ1v) is 7.28. The minimum atomic E-state index is -3.68. The van der Waals surface area contributed by atoms with Crippen LogP contribution in [0.15, 0.2) is 28.1 Å². The number of benzene rings is 1. The van der Waals surface area contributed by atoms with E-state index in [1.54, 1.807) is 6.92 Å². The normalized spacial score (nSPS) is 11.5. The van der Waals surface area contributed by atoms with Gasteiger partial charge in [-0.05, 0) is 24.6 Å². The minimum absolute atomic E-state index is 0.0315. The van der Waals surface area contributed by atoms with Gasteiger partial charge in [0.25, 0.3) is 0 Å². The zero-order valence-corrected chi connectivity index (χ0v) is 12.3. The van der Waals surface area contributed by atoms with Crippen LogP contribution >= 0.6 is 27.5 Å². The summed E-state index contributed by atoms with van der Waals surface area (Å²) in [6, 6.07) is 2.87. The van der Waals surface area contributed by atoms with Gasteiger partial charge in [0.1, 0.15) is 4.90 Å². The molecule has 0 spiro atoms. The molecule has 4 nitrogen and oxygen atoms in total. The molecule has 1 aromatic carbocycles. The molecule has 1 rings (SSSR count). The van der Waals surface area contributed by atoms with E-state index in [1.807, 2.05) is 0 Å². The highest BCUT2D eigenvalue weighted by Crippen LogP contribution is 2.26. The number of rotatable bonds is 4. The summed E-state index contributed by atoms with van der Waals surface area (Å²) >= 11 is 8.96. The number of halogens is 2. The van der Waals surface area contributed by atoms with Gasteiger partial charge in [-0.3, -0.25) is 0 Å². The largest absolute Gasteiger partial charge is 0.398 e. The molecule has 7 heteroatoms. The van der Waals surface area contributed by atoms with Crippen molar-refractivity contribution in [2.45, 2.75) is 11.8 Å². The van der Waals surface area contributed by atoms with Crippen LogP contribution in [0, 0.1) is 6.92 Å². The van der Waals surface area contributed by atoms with Crippen LogP contribution < -0.4 is 10.5 Å². The maximum atomic E-state index is 11.9. The average Bonchev–Trinajstić information content (AvgIpc) is 2.20. The van der Waals surface area contributed by atoms with Crippen LogP contribution in [0.1, 0.15) is 5.56 Å². The molecule has 17 heavy (non-hydrogen) atoms. The highest BCUT2D eigenvalue weighted by molar-refractivity contribution is 9.11. The van der Waals surface area contributed by atoms with E-state index in [2.05, 4.69) is 27.2 Å². The average molecular weight is 340 g/mol. The van der Waals surface area contributed by atoms with E-state index in [4.69, 9.17) is 17.3 Å². The quantitative estimate of drug-likeness (QED) is 0.828. The van der Waals surface area contributed by atoms with Crippen molar-refractivity contribution in [3.63, 3.8) is 0 Å². The van der Waals surface area contributed by atoms with Crippen molar-refractivity contribution in [1.29, 1.82) is 0 Å². The molecule has 0 aliphatic heterocycles. The molecule has 0 heterocycles. The summed E-state index contributed by atoms with van der Waals surface area (Å²) in [5, 5.41) is 0.143. The number of sulfonamides is 1.